The van der Waals surface area contributed by atoms with Crippen LogP contribution in [0.2, 0.25) is 0 Å². The van der Waals surface area contributed by atoms with Crippen LogP contribution < -0.4 is 0 Å². The van der Waals surface area contributed by atoms with Gasteiger partial charge in [0.15, 0.2) is 0 Å². The van der Waals surface area contributed by atoms with Crippen molar-refractivity contribution in [3.63, 3.8) is 0 Å². The van der Waals surface area contributed by atoms with Crippen LogP contribution in [0.15, 0.2) is 71.6 Å². The summed E-state index contributed by atoms with van der Waals surface area (Å²) in [5.41, 5.74) is 1.99. The number of hydrogen-bond donors (Lipinski definition) is 1. The van der Waals surface area contributed by atoms with E-state index in [0.717, 1.165) is 16.0 Å². The lowest BCUT2D eigenvalue weighted by Crippen LogP contribution is -2.29. The highest BCUT2D eigenvalue weighted by Gasteiger charge is 2.46. The van der Waals surface area contributed by atoms with Crippen LogP contribution in [0, 0.1) is 12.7 Å². The summed E-state index contributed by atoms with van der Waals surface area (Å²) in [7, 11) is 0. The van der Waals surface area contributed by atoms with Gasteiger partial charge in [0.1, 0.15) is 11.6 Å². The molecular weight excluding hydrogens is 389 g/mol. The number of thiophene rings is 1. The predicted molar refractivity (Wildman–Crippen MR) is 110 cm³/mol. The number of ketones is 1. The number of benzene rings is 2. The molecule has 29 heavy (non-hydrogen) atoms. The van der Waals surface area contributed by atoms with Gasteiger partial charge in [0.05, 0.1) is 18.2 Å². The number of halogens is 1. The van der Waals surface area contributed by atoms with E-state index in [1.165, 1.54) is 40.5 Å². The van der Waals surface area contributed by atoms with E-state index in [-0.39, 0.29) is 17.9 Å². The third kappa shape index (κ3) is 3.47. The van der Waals surface area contributed by atoms with Crippen molar-refractivity contribution in [1.29, 1.82) is 0 Å². The Balaban J connectivity index is 1.89. The van der Waals surface area contributed by atoms with Crippen LogP contribution in [0.1, 0.15) is 27.6 Å². The van der Waals surface area contributed by atoms with Gasteiger partial charge in [0.2, 0.25) is 0 Å². The van der Waals surface area contributed by atoms with E-state index in [1.54, 1.807) is 0 Å². The van der Waals surface area contributed by atoms with Crippen molar-refractivity contribution in [3.8, 4) is 0 Å². The number of carbonyl (C=O) groups excluding carboxylic acids is 2. The van der Waals surface area contributed by atoms with Gasteiger partial charge in [0, 0.05) is 10.4 Å². The average molecular weight is 407 g/mol. The number of Topliss-reactive ketones (excluding diaryl/α,β-unsaturated/α-hetero) is 1. The lowest BCUT2D eigenvalue weighted by atomic mass is 9.92. The van der Waals surface area contributed by atoms with Gasteiger partial charge in [-0.3, -0.25) is 9.59 Å². The van der Waals surface area contributed by atoms with Crippen molar-refractivity contribution in [3.05, 3.63) is 99.0 Å². The largest absolute Gasteiger partial charge is 0.507 e. The smallest absolute Gasteiger partial charge is 0.295 e. The third-order valence-electron chi connectivity index (χ3n) is 5.05. The summed E-state index contributed by atoms with van der Waals surface area (Å²) in [6.45, 7) is 2.17. The summed E-state index contributed by atoms with van der Waals surface area (Å²) < 4.78 is 13.3. The molecule has 2 aromatic carbocycles. The molecule has 6 heteroatoms. The fourth-order valence-electron chi connectivity index (χ4n) is 3.59. The second kappa shape index (κ2) is 7.64. The number of amides is 1. The highest BCUT2D eigenvalue weighted by atomic mass is 32.1. The summed E-state index contributed by atoms with van der Waals surface area (Å²) in [5, 5.41) is 12.8. The Labute approximate surface area is 171 Å². The van der Waals surface area contributed by atoms with Gasteiger partial charge in [-0.25, -0.2) is 4.39 Å². The topological polar surface area (TPSA) is 57.6 Å². The second-order valence-corrected chi connectivity index (χ2v) is 7.90. The number of aryl methyl sites for hydroxylation is 1. The van der Waals surface area contributed by atoms with Gasteiger partial charge in [-0.1, -0.05) is 30.3 Å². The van der Waals surface area contributed by atoms with Crippen LogP contribution in [-0.4, -0.2) is 21.7 Å². The molecule has 1 aliphatic heterocycles. The Kier molecular flexibility index (Phi) is 5.03. The molecule has 0 radical (unpaired) electrons. The molecule has 1 atom stereocenters. The summed E-state index contributed by atoms with van der Waals surface area (Å²) in [5.74, 6) is -2.15. The predicted octanol–water partition coefficient (Wildman–Crippen LogP) is 4.82. The zero-order valence-electron chi connectivity index (χ0n) is 15.6. The van der Waals surface area contributed by atoms with Gasteiger partial charge in [-0.2, -0.15) is 0 Å². The first kappa shape index (κ1) is 19.1. The number of aliphatic hydroxyl groups excluding tert-OH is 1. The lowest BCUT2D eigenvalue weighted by molar-refractivity contribution is -0.140. The number of carbonyl (C=O) groups is 2. The van der Waals surface area contributed by atoms with Crippen LogP contribution in [-0.2, 0) is 16.1 Å². The standard InChI is InChI=1S/C23H18FNO3S/c1-14-5-2-3-7-18(14)20-19(21(26)15-8-10-16(24)11-9-15)22(27)23(28)25(20)13-17-6-4-12-29-17/h2-12,20,26H,13H2,1H3/b21-19+. The molecule has 1 fully saturated rings. The maximum Gasteiger partial charge on any atom is 0.295 e. The zero-order valence-corrected chi connectivity index (χ0v) is 16.4. The summed E-state index contributed by atoms with van der Waals surface area (Å²) >= 11 is 1.50. The Hall–Kier alpha value is -3.25. The fraction of sp³-hybridized carbons (Fsp3) is 0.130. The second-order valence-electron chi connectivity index (χ2n) is 6.87. The number of aliphatic hydroxyl groups is 1. The molecule has 4 nitrogen and oxygen atoms in total. The van der Waals surface area contributed by atoms with Gasteiger partial charge < -0.3 is 10.0 Å². The average Bonchev–Trinajstić information content (AvgIpc) is 3.31. The maximum atomic E-state index is 13.3. The van der Waals surface area contributed by atoms with E-state index in [2.05, 4.69) is 0 Å². The summed E-state index contributed by atoms with van der Waals surface area (Å²) in [6, 6.07) is 15.7. The third-order valence-corrected chi connectivity index (χ3v) is 5.91. The maximum absolute atomic E-state index is 13.3. The first-order valence-corrected chi connectivity index (χ1v) is 9.97. The minimum atomic E-state index is -0.739. The number of nitrogens with zero attached hydrogens (tertiary/aromatic N) is 1. The quantitative estimate of drug-likeness (QED) is 0.383. The molecule has 0 saturated carbocycles. The van der Waals surface area contributed by atoms with Crippen molar-refractivity contribution in [2.24, 2.45) is 0 Å². The van der Waals surface area contributed by atoms with E-state index in [9.17, 15) is 19.1 Å². The molecule has 1 N–H and O–H groups in total. The van der Waals surface area contributed by atoms with Gasteiger partial charge in [-0.05, 0) is 53.8 Å². The number of rotatable bonds is 4. The molecule has 146 valence electrons. The highest BCUT2D eigenvalue weighted by Crippen LogP contribution is 2.41. The first-order chi connectivity index (χ1) is 14.0. The molecule has 0 aliphatic carbocycles. The summed E-state index contributed by atoms with van der Waals surface area (Å²) in [6.07, 6.45) is 0. The Morgan fingerprint density at radius 3 is 2.45 bits per heavy atom. The molecule has 1 amide bonds. The van der Waals surface area contributed by atoms with Gasteiger partial charge in [-0.15, -0.1) is 11.3 Å². The SMILES string of the molecule is Cc1ccccc1C1/C(=C(\O)c2ccc(F)cc2)C(=O)C(=O)N1Cc1cccs1. The van der Waals surface area contributed by atoms with Crippen LogP contribution in [0.5, 0.6) is 0 Å². The van der Waals surface area contributed by atoms with Crippen molar-refractivity contribution in [2.75, 3.05) is 0 Å². The van der Waals surface area contributed by atoms with Crippen LogP contribution in [0.4, 0.5) is 4.39 Å². The van der Waals surface area contributed by atoms with Crippen molar-refractivity contribution >= 4 is 28.8 Å². The minimum Gasteiger partial charge on any atom is -0.507 e. The van der Waals surface area contributed by atoms with E-state index < -0.39 is 23.5 Å². The van der Waals surface area contributed by atoms with Crippen molar-refractivity contribution in [1.82, 2.24) is 4.90 Å². The monoisotopic (exact) mass is 407 g/mol. The molecule has 1 aromatic heterocycles. The van der Waals surface area contributed by atoms with E-state index in [1.807, 2.05) is 48.7 Å². The Morgan fingerprint density at radius 1 is 1.07 bits per heavy atom. The minimum absolute atomic E-state index is 0.0208. The Bertz CT molecular complexity index is 1100. The van der Waals surface area contributed by atoms with E-state index in [4.69, 9.17) is 0 Å². The van der Waals surface area contributed by atoms with Crippen molar-refractivity contribution in [2.45, 2.75) is 19.5 Å². The molecule has 0 spiro atoms. The van der Waals surface area contributed by atoms with Crippen LogP contribution in [0.25, 0.3) is 5.76 Å². The van der Waals surface area contributed by atoms with E-state index in [0.29, 0.717) is 5.56 Å². The normalized spacial score (nSPS) is 18.4. The van der Waals surface area contributed by atoms with E-state index >= 15 is 0 Å². The molecule has 0 bridgehead atoms. The lowest BCUT2D eigenvalue weighted by Gasteiger charge is -2.26. The molecule has 4 rings (SSSR count). The molecular formula is C23H18FNO3S. The first-order valence-electron chi connectivity index (χ1n) is 9.09. The van der Waals surface area contributed by atoms with Gasteiger partial charge in [0.25, 0.3) is 11.7 Å². The number of likely N-dealkylation sites (tertiary alicyclic amines) is 1. The Morgan fingerprint density at radius 2 is 1.79 bits per heavy atom. The van der Waals surface area contributed by atoms with Crippen molar-refractivity contribution < 1.29 is 19.1 Å². The molecule has 1 unspecified atom stereocenters. The van der Waals surface area contributed by atoms with Gasteiger partial charge >= 0.3 is 0 Å². The molecule has 1 aliphatic rings. The molecule has 1 saturated heterocycles. The zero-order chi connectivity index (χ0) is 20.5. The highest BCUT2D eigenvalue weighted by molar-refractivity contribution is 7.09. The van der Waals surface area contributed by atoms with Crippen LogP contribution >= 0.6 is 11.3 Å². The fourth-order valence-corrected chi connectivity index (χ4v) is 4.30. The van der Waals surface area contributed by atoms with Crippen LogP contribution in [0.3, 0.4) is 0 Å². The molecule has 2 heterocycles. The molecule has 3 aromatic rings. The summed E-state index contributed by atoms with van der Waals surface area (Å²) in [4.78, 5) is 28.3. The number of hydrogen-bond acceptors (Lipinski definition) is 4.